The van der Waals surface area contributed by atoms with Crippen LogP contribution in [0.5, 0.6) is 0 Å². The lowest BCUT2D eigenvalue weighted by molar-refractivity contribution is -0.139. The molecule has 0 saturated carbocycles. The van der Waals surface area contributed by atoms with Crippen molar-refractivity contribution >= 4 is 27.5 Å². The number of halogens is 1. The Kier molecular flexibility index (Phi) is 10.0. The first-order valence-corrected chi connectivity index (χ1v) is 14.0. The van der Waals surface area contributed by atoms with Crippen LogP contribution in [0.4, 0.5) is 10.1 Å². The van der Waals surface area contributed by atoms with Gasteiger partial charge in [0.25, 0.3) is 10.0 Å². The number of hydrogen-bond acceptors (Lipinski definition) is 4. The molecule has 38 heavy (non-hydrogen) atoms. The van der Waals surface area contributed by atoms with Crippen molar-refractivity contribution < 1.29 is 22.4 Å². The smallest absolute Gasteiger partial charge is 0.264 e. The van der Waals surface area contributed by atoms with E-state index in [1.165, 1.54) is 35.2 Å². The number of carbonyl (C=O) groups is 2. The van der Waals surface area contributed by atoms with E-state index in [-0.39, 0.29) is 17.0 Å². The minimum atomic E-state index is -4.13. The topological polar surface area (TPSA) is 86.8 Å². The Morgan fingerprint density at radius 2 is 1.66 bits per heavy atom. The number of nitrogens with zero attached hydrogens (tertiary/aromatic N) is 2. The van der Waals surface area contributed by atoms with E-state index in [4.69, 9.17) is 0 Å². The molecule has 3 rings (SSSR count). The highest BCUT2D eigenvalue weighted by Gasteiger charge is 2.32. The van der Waals surface area contributed by atoms with E-state index in [1.807, 2.05) is 19.9 Å². The first-order valence-electron chi connectivity index (χ1n) is 12.6. The summed E-state index contributed by atoms with van der Waals surface area (Å²) in [6.07, 6.45) is 1.66. The number of hydrogen-bond donors (Lipinski definition) is 1. The van der Waals surface area contributed by atoms with Crippen molar-refractivity contribution in [2.45, 2.75) is 51.1 Å². The fourth-order valence-electron chi connectivity index (χ4n) is 3.96. The third-order valence-electron chi connectivity index (χ3n) is 6.20. The van der Waals surface area contributed by atoms with E-state index in [2.05, 4.69) is 5.32 Å². The summed E-state index contributed by atoms with van der Waals surface area (Å²) in [4.78, 5) is 28.0. The molecule has 0 aliphatic carbocycles. The van der Waals surface area contributed by atoms with Gasteiger partial charge in [0.15, 0.2) is 0 Å². The van der Waals surface area contributed by atoms with Gasteiger partial charge in [-0.15, -0.1) is 0 Å². The molecule has 9 heteroatoms. The second kappa shape index (κ2) is 13.2. The summed E-state index contributed by atoms with van der Waals surface area (Å²) in [5.74, 6) is -1.54. The van der Waals surface area contributed by atoms with Gasteiger partial charge in [-0.1, -0.05) is 61.9 Å². The van der Waals surface area contributed by atoms with E-state index in [0.29, 0.717) is 12.2 Å². The number of benzene rings is 3. The molecule has 1 N–H and O–H groups in total. The van der Waals surface area contributed by atoms with Gasteiger partial charge in [0, 0.05) is 18.7 Å². The molecule has 0 aliphatic heterocycles. The van der Waals surface area contributed by atoms with Gasteiger partial charge in [0.1, 0.15) is 18.4 Å². The number of amides is 2. The third kappa shape index (κ3) is 7.19. The highest BCUT2D eigenvalue weighted by molar-refractivity contribution is 7.92. The first-order chi connectivity index (χ1) is 18.1. The second-order valence-corrected chi connectivity index (χ2v) is 11.0. The molecule has 2 amide bonds. The molecule has 0 fully saturated rings. The second-order valence-electron chi connectivity index (χ2n) is 9.10. The van der Waals surface area contributed by atoms with Crippen molar-refractivity contribution in [1.82, 2.24) is 10.2 Å². The Bertz CT molecular complexity index is 1350. The van der Waals surface area contributed by atoms with Gasteiger partial charge in [-0.3, -0.25) is 13.9 Å². The predicted molar refractivity (Wildman–Crippen MR) is 146 cm³/mol. The van der Waals surface area contributed by atoms with E-state index in [1.54, 1.807) is 49.4 Å². The number of aryl methyl sites for hydroxylation is 1. The number of anilines is 1. The first kappa shape index (κ1) is 28.8. The van der Waals surface area contributed by atoms with Crippen LogP contribution in [0.25, 0.3) is 0 Å². The van der Waals surface area contributed by atoms with Gasteiger partial charge in [-0.25, -0.2) is 12.8 Å². The fourth-order valence-corrected chi connectivity index (χ4v) is 5.39. The van der Waals surface area contributed by atoms with Crippen molar-refractivity contribution in [2.24, 2.45) is 0 Å². The van der Waals surface area contributed by atoms with Crippen LogP contribution in [0.15, 0.2) is 83.8 Å². The summed E-state index contributed by atoms with van der Waals surface area (Å²) in [5.41, 5.74) is 1.35. The normalized spacial score (nSPS) is 12.0. The zero-order valence-corrected chi connectivity index (χ0v) is 22.7. The third-order valence-corrected chi connectivity index (χ3v) is 7.98. The molecule has 0 aliphatic rings. The van der Waals surface area contributed by atoms with Gasteiger partial charge in [-0.05, 0) is 56.2 Å². The maximum Gasteiger partial charge on any atom is 0.264 e. The number of nitrogens with one attached hydrogen (secondary N) is 1. The van der Waals surface area contributed by atoms with Crippen molar-refractivity contribution in [2.75, 3.05) is 17.4 Å². The SMILES string of the molecule is CCCCNC(=O)[C@@H](C)N(Cc1ccccc1F)C(=O)CN(c1cccc(C)c1)S(=O)(=O)c1ccccc1. The number of unbranched alkanes of at least 4 members (excludes halogenated alkanes) is 1. The monoisotopic (exact) mass is 539 g/mol. The van der Waals surface area contributed by atoms with Crippen molar-refractivity contribution in [3.63, 3.8) is 0 Å². The van der Waals surface area contributed by atoms with Gasteiger partial charge in [0.05, 0.1) is 10.6 Å². The maximum absolute atomic E-state index is 14.6. The lowest BCUT2D eigenvalue weighted by atomic mass is 10.1. The number of sulfonamides is 1. The van der Waals surface area contributed by atoms with Crippen LogP contribution >= 0.6 is 0 Å². The van der Waals surface area contributed by atoms with E-state index >= 15 is 0 Å². The molecule has 7 nitrogen and oxygen atoms in total. The molecule has 0 aromatic heterocycles. The molecule has 0 saturated heterocycles. The highest BCUT2D eigenvalue weighted by Crippen LogP contribution is 2.25. The molecule has 0 unspecified atom stereocenters. The van der Waals surface area contributed by atoms with Crippen LogP contribution in [0.1, 0.15) is 37.8 Å². The standard InChI is InChI=1S/C29H34FN3O4S/c1-4-5-18-31-29(35)23(3)32(20-24-13-9-10-17-27(24)30)28(34)21-33(25-14-11-12-22(2)19-25)38(36,37)26-15-7-6-8-16-26/h6-17,19,23H,4-5,18,20-21H2,1-3H3,(H,31,35)/t23-/m1/s1. The summed E-state index contributed by atoms with van der Waals surface area (Å²) in [6.45, 7) is 5.06. The molecule has 3 aromatic rings. The summed E-state index contributed by atoms with van der Waals surface area (Å²) in [7, 11) is -4.13. The minimum absolute atomic E-state index is 0.0281. The maximum atomic E-state index is 14.6. The Morgan fingerprint density at radius 3 is 2.32 bits per heavy atom. The average molecular weight is 540 g/mol. The van der Waals surface area contributed by atoms with Crippen molar-refractivity contribution in [1.29, 1.82) is 0 Å². The van der Waals surface area contributed by atoms with Crippen LogP contribution in [0.2, 0.25) is 0 Å². The van der Waals surface area contributed by atoms with Gasteiger partial charge in [0.2, 0.25) is 11.8 Å². The Morgan fingerprint density at radius 1 is 0.974 bits per heavy atom. The molecule has 0 bridgehead atoms. The van der Waals surface area contributed by atoms with E-state index < -0.39 is 40.2 Å². The Hall–Kier alpha value is -3.72. The Balaban J connectivity index is 2.00. The molecular weight excluding hydrogens is 505 g/mol. The molecule has 0 radical (unpaired) electrons. The molecular formula is C29H34FN3O4S. The Labute approximate surface area is 224 Å². The summed E-state index contributed by atoms with van der Waals surface area (Å²) < 4.78 is 43.0. The fraction of sp³-hybridized carbons (Fsp3) is 0.310. The van der Waals surface area contributed by atoms with Crippen molar-refractivity contribution in [3.8, 4) is 0 Å². The molecule has 202 valence electrons. The molecule has 0 spiro atoms. The van der Waals surface area contributed by atoms with Crippen LogP contribution in [0, 0.1) is 12.7 Å². The number of rotatable bonds is 12. The lowest BCUT2D eigenvalue weighted by Gasteiger charge is -2.32. The predicted octanol–water partition coefficient (Wildman–Crippen LogP) is 4.66. The van der Waals surface area contributed by atoms with E-state index in [9.17, 15) is 22.4 Å². The molecule has 1 atom stereocenters. The quantitative estimate of drug-likeness (QED) is 0.339. The zero-order valence-electron chi connectivity index (χ0n) is 21.9. The summed E-state index contributed by atoms with van der Waals surface area (Å²) >= 11 is 0. The summed E-state index contributed by atoms with van der Waals surface area (Å²) in [5, 5.41) is 2.81. The number of carbonyl (C=O) groups excluding carboxylic acids is 2. The minimum Gasteiger partial charge on any atom is -0.354 e. The molecule has 0 heterocycles. The van der Waals surface area contributed by atoms with E-state index in [0.717, 1.165) is 22.7 Å². The van der Waals surface area contributed by atoms with Crippen molar-refractivity contribution in [3.05, 3.63) is 95.8 Å². The summed E-state index contributed by atoms with van der Waals surface area (Å²) in [6, 6.07) is 19.7. The molecule has 3 aromatic carbocycles. The highest BCUT2D eigenvalue weighted by atomic mass is 32.2. The average Bonchev–Trinajstić information content (AvgIpc) is 2.91. The van der Waals surface area contributed by atoms with Crippen LogP contribution in [0.3, 0.4) is 0 Å². The van der Waals surface area contributed by atoms with Gasteiger partial charge >= 0.3 is 0 Å². The van der Waals surface area contributed by atoms with Crippen LogP contribution in [-0.4, -0.2) is 44.3 Å². The zero-order chi connectivity index (χ0) is 27.7. The van der Waals surface area contributed by atoms with Crippen LogP contribution in [-0.2, 0) is 26.2 Å². The largest absolute Gasteiger partial charge is 0.354 e. The van der Waals surface area contributed by atoms with Gasteiger partial charge < -0.3 is 10.2 Å². The van der Waals surface area contributed by atoms with Gasteiger partial charge in [-0.2, -0.15) is 0 Å². The lowest BCUT2D eigenvalue weighted by Crippen LogP contribution is -2.51. The van der Waals surface area contributed by atoms with Crippen LogP contribution < -0.4 is 9.62 Å².